The summed E-state index contributed by atoms with van der Waals surface area (Å²) in [5.74, 6) is -0.0217. The predicted octanol–water partition coefficient (Wildman–Crippen LogP) is 14.1. The van der Waals surface area contributed by atoms with Gasteiger partial charge in [-0.05, 0) is 96.6 Å². The molecule has 448 valence electrons. The highest BCUT2D eigenvalue weighted by atomic mass is 16.7. The highest BCUT2D eigenvalue weighted by Gasteiger charge is 2.44. The first-order valence-corrected chi connectivity index (χ1v) is 32.3. The molecule has 2 aliphatic rings. The van der Waals surface area contributed by atoms with Crippen LogP contribution in [0.25, 0.3) is 0 Å². The van der Waals surface area contributed by atoms with Crippen LogP contribution in [0.5, 0.6) is 0 Å². The van der Waals surface area contributed by atoms with Crippen LogP contribution in [-0.4, -0.2) is 137 Å². The Kier molecular flexibility index (Phi) is 45.2. The van der Waals surface area contributed by atoms with Crippen molar-refractivity contribution in [3.05, 3.63) is 0 Å². The lowest BCUT2D eigenvalue weighted by Gasteiger charge is -2.39. The maximum atomic E-state index is 13.0. The highest BCUT2D eigenvalue weighted by Crippen LogP contribution is 2.24. The van der Waals surface area contributed by atoms with Crippen LogP contribution in [0.2, 0.25) is 0 Å². The van der Waals surface area contributed by atoms with E-state index in [0.29, 0.717) is 25.9 Å². The molecular weight excluding hydrogens is 961 g/mol. The Bertz CT molecular complexity index is 1270. The molecule has 2 aliphatic heterocycles. The third-order valence-corrected chi connectivity index (χ3v) is 15.8. The monoisotopic (exact) mass is 1080 g/mol. The number of hydrogen-bond acceptors (Lipinski definition) is 14. The Labute approximate surface area is 465 Å². The summed E-state index contributed by atoms with van der Waals surface area (Å²) in [6.45, 7) is 12.7. The molecule has 0 saturated carbocycles. The molecule has 4 N–H and O–H groups in total. The minimum atomic E-state index is -1.48. The Morgan fingerprint density at radius 2 is 0.921 bits per heavy atom. The average Bonchev–Trinajstić information content (AvgIpc) is 3.88. The number of rotatable bonds is 54. The Hall–Kier alpha value is -1.94. The summed E-state index contributed by atoms with van der Waals surface area (Å²) >= 11 is 0. The lowest BCUT2D eigenvalue weighted by Crippen LogP contribution is -2.59. The molecule has 0 bridgehead atoms. The van der Waals surface area contributed by atoms with Gasteiger partial charge in [0, 0.05) is 19.4 Å². The van der Waals surface area contributed by atoms with Gasteiger partial charge in [0.1, 0.15) is 36.6 Å². The van der Waals surface area contributed by atoms with Crippen LogP contribution >= 0.6 is 0 Å². The number of aliphatic hydroxyl groups is 4. The topological polar surface area (TPSA) is 183 Å². The van der Waals surface area contributed by atoms with Crippen molar-refractivity contribution in [1.29, 1.82) is 0 Å². The first kappa shape index (κ1) is 70.2. The van der Waals surface area contributed by atoms with E-state index in [2.05, 4.69) is 42.9 Å². The van der Waals surface area contributed by atoms with Crippen molar-refractivity contribution in [1.82, 2.24) is 9.91 Å². The SMILES string of the molecule is CCCCCCCCC(CCCCCCCC)OC(=O)CCCCCCCN(CCCCCCCC(=O)OC(CCCCCCCC)CCCCCCCC)CCC1CN(CCO[C@H]2O[C@H](CO)[C@@H](O)[C@H](O)[C@@H]2O)N=N1. The second kappa shape index (κ2) is 48.9. The number of esters is 2. The Morgan fingerprint density at radius 1 is 0.526 bits per heavy atom. The molecule has 0 aliphatic carbocycles. The van der Waals surface area contributed by atoms with E-state index in [1.165, 1.54) is 128 Å². The summed E-state index contributed by atoms with van der Waals surface area (Å²) < 4.78 is 23.4. The van der Waals surface area contributed by atoms with Gasteiger partial charge in [0.25, 0.3) is 0 Å². The maximum absolute atomic E-state index is 13.0. The molecule has 2 rings (SSSR count). The minimum Gasteiger partial charge on any atom is -0.462 e. The molecule has 0 aromatic heterocycles. The number of aliphatic hydroxyl groups excluding tert-OH is 4. The van der Waals surface area contributed by atoms with Crippen molar-refractivity contribution < 1.29 is 49.0 Å². The number of nitrogens with zero attached hydrogens (tertiary/aromatic N) is 4. The molecule has 14 heteroatoms. The van der Waals surface area contributed by atoms with Crippen molar-refractivity contribution in [3.8, 4) is 0 Å². The van der Waals surface area contributed by atoms with E-state index in [4.69, 9.17) is 18.9 Å². The number of unbranched alkanes of at least 4 members (excludes halogenated alkanes) is 28. The van der Waals surface area contributed by atoms with Crippen LogP contribution in [0.1, 0.15) is 291 Å². The van der Waals surface area contributed by atoms with Crippen LogP contribution in [0, 0.1) is 0 Å². The van der Waals surface area contributed by atoms with E-state index in [1.54, 1.807) is 0 Å². The van der Waals surface area contributed by atoms with E-state index in [-0.39, 0.29) is 36.8 Å². The number of carbonyl (C=O) groups is 2. The molecule has 1 saturated heterocycles. The van der Waals surface area contributed by atoms with E-state index >= 15 is 0 Å². The summed E-state index contributed by atoms with van der Waals surface area (Å²) in [6, 6.07) is 0.0571. The first-order chi connectivity index (χ1) is 37.1. The van der Waals surface area contributed by atoms with Crippen LogP contribution < -0.4 is 0 Å². The van der Waals surface area contributed by atoms with E-state index < -0.39 is 37.3 Å². The molecule has 6 atom stereocenters. The lowest BCUT2D eigenvalue weighted by molar-refractivity contribution is -0.301. The van der Waals surface area contributed by atoms with Crippen LogP contribution in [0.15, 0.2) is 10.3 Å². The largest absolute Gasteiger partial charge is 0.462 e. The first-order valence-electron chi connectivity index (χ1n) is 32.3. The van der Waals surface area contributed by atoms with Gasteiger partial charge in [0.05, 0.1) is 32.3 Å². The van der Waals surface area contributed by atoms with Crippen molar-refractivity contribution in [2.24, 2.45) is 10.3 Å². The average molecular weight is 1080 g/mol. The van der Waals surface area contributed by atoms with E-state index in [9.17, 15) is 30.0 Å². The smallest absolute Gasteiger partial charge is 0.306 e. The number of carbonyl (C=O) groups excluding carboxylic acids is 2. The zero-order valence-corrected chi connectivity index (χ0v) is 49.6. The molecule has 1 unspecified atom stereocenters. The molecule has 14 nitrogen and oxygen atoms in total. The quantitative estimate of drug-likeness (QED) is 0.0334. The van der Waals surface area contributed by atoms with Gasteiger partial charge < -0.3 is 44.3 Å². The fourth-order valence-corrected chi connectivity index (χ4v) is 10.8. The Balaban J connectivity index is 1.81. The molecule has 0 spiro atoms. The molecule has 76 heavy (non-hydrogen) atoms. The Morgan fingerprint density at radius 3 is 1.34 bits per heavy atom. The summed E-state index contributed by atoms with van der Waals surface area (Å²) in [5, 5.41) is 50.9. The van der Waals surface area contributed by atoms with Gasteiger partial charge in [0.2, 0.25) is 0 Å². The third kappa shape index (κ3) is 36.3. The highest BCUT2D eigenvalue weighted by molar-refractivity contribution is 5.69. The van der Waals surface area contributed by atoms with Gasteiger partial charge in [-0.3, -0.25) is 14.6 Å². The fraction of sp³-hybridized carbons (Fsp3) is 0.968. The van der Waals surface area contributed by atoms with Gasteiger partial charge in [-0.1, -0.05) is 200 Å². The molecule has 1 fully saturated rings. The number of hydrogen-bond donors (Lipinski definition) is 4. The predicted molar refractivity (Wildman–Crippen MR) is 308 cm³/mol. The van der Waals surface area contributed by atoms with Crippen molar-refractivity contribution >= 4 is 11.9 Å². The van der Waals surface area contributed by atoms with Crippen LogP contribution in [0.3, 0.4) is 0 Å². The zero-order chi connectivity index (χ0) is 55.1. The zero-order valence-electron chi connectivity index (χ0n) is 49.6. The normalized spacial score (nSPS) is 19.8. The van der Waals surface area contributed by atoms with Crippen molar-refractivity contribution in [3.63, 3.8) is 0 Å². The van der Waals surface area contributed by atoms with Crippen molar-refractivity contribution in [2.75, 3.05) is 45.9 Å². The molecule has 0 aromatic carbocycles. The van der Waals surface area contributed by atoms with Gasteiger partial charge in [-0.15, -0.1) is 0 Å². The van der Waals surface area contributed by atoms with Gasteiger partial charge in [-0.25, -0.2) is 0 Å². The second-order valence-electron chi connectivity index (χ2n) is 23.0. The molecular formula is C62H120N4O10. The van der Waals surface area contributed by atoms with Gasteiger partial charge in [0.15, 0.2) is 6.29 Å². The van der Waals surface area contributed by atoms with Gasteiger partial charge >= 0.3 is 11.9 Å². The lowest BCUT2D eigenvalue weighted by atomic mass is 9.99. The van der Waals surface area contributed by atoms with E-state index in [1.807, 2.05) is 5.01 Å². The summed E-state index contributed by atoms with van der Waals surface area (Å²) in [4.78, 5) is 28.6. The number of ether oxygens (including phenoxy) is 4. The molecule has 2 heterocycles. The fourth-order valence-electron chi connectivity index (χ4n) is 10.8. The maximum Gasteiger partial charge on any atom is 0.306 e. The molecule has 0 aromatic rings. The van der Waals surface area contributed by atoms with Crippen LogP contribution in [-0.2, 0) is 28.5 Å². The summed E-state index contributed by atoms with van der Waals surface area (Å²) in [5.41, 5.74) is 0. The molecule has 0 amide bonds. The third-order valence-electron chi connectivity index (χ3n) is 15.8. The molecule has 0 radical (unpaired) electrons. The van der Waals surface area contributed by atoms with Crippen LogP contribution in [0.4, 0.5) is 0 Å². The minimum absolute atomic E-state index is 0.0109. The van der Waals surface area contributed by atoms with Gasteiger partial charge in [-0.2, -0.15) is 5.11 Å². The second-order valence-corrected chi connectivity index (χ2v) is 23.0. The summed E-state index contributed by atoms with van der Waals surface area (Å²) in [7, 11) is 0. The van der Waals surface area contributed by atoms with Crippen molar-refractivity contribution in [2.45, 2.75) is 340 Å². The standard InChI is InChI=1S/C62H120N4O10/c1-5-9-13-17-23-31-39-54(40-32-24-18-14-10-6-2)74-57(68)43-35-27-21-29-37-46-65(48-45-53-51-66(64-63-53)49-50-73-62-61(72)60(71)59(70)56(52-67)76-62)47-38-30-22-28-36-44-58(69)75-55(41-33-25-19-15-11-7-3)42-34-26-20-16-12-8-4/h53-56,59-62,67,70-72H,5-52H2,1-4H3/t53?,56-,59-,60+,61+,62+/m1/s1. The van der Waals surface area contributed by atoms with E-state index in [0.717, 1.165) is 142 Å². The summed E-state index contributed by atoms with van der Waals surface area (Å²) in [6.07, 6.45) is 40.3.